The van der Waals surface area contributed by atoms with Crippen molar-refractivity contribution in [3.63, 3.8) is 0 Å². The molecule has 37 heavy (non-hydrogen) atoms. The van der Waals surface area contributed by atoms with Crippen LogP contribution < -0.4 is 27.4 Å². The van der Waals surface area contributed by atoms with E-state index in [1.54, 1.807) is 24.3 Å². The van der Waals surface area contributed by atoms with Crippen LogP contribution in [0, 0.1) is 0 Å². The summed E-state index contributed by atoms with van der Waals surface area (Å²) in [5.74, 6) is -2.88. The van der Waals surface area contributed by atoms with Crippen LogP contribution in [0.4, 0.5) is 0 Å². The largest absolute Gasteiger partial charge is 0.480 e. The Morgan fingerprint density at radius 2 is 1.27 bits per heavy atom. The molecule has 0 radical (unpaired) electrons. The number of benzene rings is 2. The summed E-state index contributed by atoms with van der Waals surface area (Å²) in [7, 11) is 0. The van der Waals surface area contributed by atoms with Crippen LogP contribution in [0.15, 0.2) is 60.7 Å². The molecule has 10 heteroatoms. The summed E-state index contributed by atoms with van der Waals surface area (Å²) >= 11 is 0. The maximum absolute atomic E-state index is 13.3. The Hall–Kier alpha value is -3.76. The van der Waals surface area contributed by atoms with Crippen LogP contribution in [-0.2, 0) is 32.0 Å². The van der Waals surface area contributed by atoms with Gasteiger partial charge in [0.25, 0.3) is 0 Å². The lowest BCUT2D eigenvalue weighted by atomic mass is 10.0. The van der Waals surface area contributed by atoms with Gasteiger partial charge in [0, 0.05) is 6.42 Å². The molecule has 200 valence electrons. The van der Waals surface area contributed by atoms with E-state index in [2.05, 4.69) is 16.0 Å². The van der Waals surface area contributed by atoms with Gasteiger partial charge in [-0.05, 0) is 50.3 Å². The summed E-state index contributed by atoms with van der Waals surface area (Å²) in [6.45, 7) is 1.77. The van der Waals surface area contributed by atoms with Crippen molar-refractivity contribution in [3.05, 3.63) is 71.8 Å². The highest BCUT2D eigenvalue weighted by Gasteiger charge is 2.29. The van der Waals surface area contributed by atoms with E-state index in [1.807, 2.05) is 36.4 Å². The predicted octanol–water partition coefficient (Wildman–Crippen LogP) is 0.487. The van der Waals surface area contributed by atoms with E-state index in [-0.39, 0.29) is 6.42 Å². The van der Waals surface area contributed by atoms with Gasteiger partial charge in [0.15, 0.2) is 0 Å². The van der Waals surface area contributed by atoms with Crippen molar-refractivity contribution in [2.24, 2.45) is 11.5 Å². The SMILES string of the molecule is CC(NC(=O)C(Cc1ccccc1)NC(=O)C(CCCCN)NC(=O)C(N)Cc1ccccc1)C(=O)O. The number of carbonyl (C=O) groups excluding carboxylic acids is 3. The fourth-order valence-electron chi connectivity index (χ4n) is 3.71. The molecule has 0 spiro atoms. The Balaban J connectivity index is 2.15. The molecule has 0 fully saturated rings. The molecular weight excluding hydrogens is 474 g/mol. The summed E-state index contributed by atoms with van der Waals surface area (Å²) in [6, 6.07) is 14.3. The Bertz CT molecular complexity index is 1020. The number of nitrogens with one attached hydrogen (secondary N) is 3. The van der Waals surface area contributed by atoms with Gasteiger partial charge < -0.3 is 32.5 Å². The average Bonchev–Trinajstić information content (AvgIpc) is 2.88. The molecule has 0 aliphatic rings. The van der Waals surface area contributed by atoms with Crippen LogP contribution in [0.1, 0.15) is 37.3 Å². The number of aliphatic carboxylic acids is 1. The molecule has 0 aliphatic carbocycles. The normalized spacial score (nSPS) is 14.0. The first-order valence-electron chi connectivity index (χ1n) is 12.4. The zero-order valence-electron chi connectivity index (χ0n) is 21.1. The Labute approximate surface area is 217 Å². The number of unbranched alkanes of at least 4 members (excludes halogenated alkanes) is 1. The van der Waals surface area contributed by atoms with Gasteiger partial charge in [-0.1, -0.05) is 60.7 Å². The lowest BCUT2D eigenvalue weighted by molar-refractivity contribution is -0.141. The molecule has 2 rings (SSSR count). The van der Waals surface area contributed by atoms with E-state index in [9.17, 15) is 24.3 Å². The van der Waals surface area contributed by atoms with Crippen LogP contribution in [0.5, 0.6) is 0 Å². The minimum Gasteiger partial charge on any atom is -0.480 e. The molecular formula is C27H37N5O5. The molecule has 2 aromatic carbocycles. The standard InChI is InChI=1S/C27H37N5O5/c1-18(27(36)37)30-26(35)23(17-20-12-6-3-7-13-20)32-25(34)22(14-8-9-15-28)31-24(33)21(29)16-19-10-4-2-5-11-19/h2-7,10-13,18,21-23H,8-9,14-17,28-29H2,1H3,(H,30,35)(H,31,33)(H,32,34)(H,36,37). The summed E-state index contributed by atoms with van der Waals surface area (Å²) in [5, 5.41) is 17.0. The second-order valence-corrected chi connectivity index (χ2v) is 8.96. The van der Waals surface area contributed by atoms with Crippen LogP contribution in [-0.4, -0.2) is 59.5 Å². The van der Waals surface area contributed by atoms with E-state index < -0.39 is 47.9 Å². The summed E-state index contributed by atoms with van der Waals surface area (Å²) in [6.07, 6.45) is 1.98. The summed E-state index contributed by atoms with van der Waals surface area (Å²) in [4.78, 5) is 50.3. The van der Waals surface area contributed by atoms with Crippen molar-refractivity contribution in [1.29, 1.82) is 0 Å². The second kappa shape index (κ2) is 15.4. The lowest BCUT2D eigenvalue weighted by Crippen LogP contribution is -2.57. The smallest absolute Gasteiger partial charge is 0.325 e. The van der Waals surface area contributed by atoms with Crippen molar-refractivity contribution in [3.8, 4) is 0 Å². The molecule has 3 amide bonds. The topological polar surface area (TPSA) is 177 Å². The van der Waals surface area contributed by atoms with E-state index in [4.69, 9.17) is 11.5 Å². The van der Waals surface area contributed by atoms with Crippen LogP contribution in [0.25, 0.3) is 0 Å². The Kier molecular flexibility index (Phi) is 12.2. The summed E-state index contributed by atoms with van der Waals surface area (Å²) in [5.41, 5.74) is 13.4. The zero-order chi connectivity index (χ0) is 27.2. The van der Waals surface area contributed by atoms with Crippen LogP contribution >= 0.6 is 0 Å². The second-order valence-electron chi connectivity index (χ2n) is 8.96. The zero-order valence-corrected chi connectivity index (χ0v) is 21.1. The number of nitrogens with two attached hydrogens (primary N) is 2. The molecule has 8 N–H and O–H groups in total. The van der Waals surface area contributed by atoms with E-state index >= 15 is 0 Å². The van der Waals surface area contributed by atoms with Crippen molar-refractivity contribution in [1.82, 2.24) is 16.0 Å². The minimum atomic E-state index is -1.20. The number of amides is 3. The summed E-state index contributed by atoms with van der Waals surface area (Å²) < 4.78 is 0. The van der Waals surface area contributed by atoms with Crippen molar-refractivity contribution in [2.75, 3.05) is 6.54 Å². The number of carboxylic acids is 1. The first-order valence-corrected chi connectivity index (χ1v) is 12.4. The predicted molar refractivity (Wildman–Crippen MR) is 140 cm³/mol. The highest BCUT2D eigenvalue weighted by molar-refractivity contribution is 5.94. The first-order chi connectivity index (χ1) is 17.7. The Morgan fingerprint density at radius 1 is 0.757 bits per heavy atom. The van der Waals surface area contributed by atoms with E-state index in [1.165, 1.54) is 6.92 Å². The molecule has 4 atom stereocenters. The Morgan fingerprint density at radius 3 is 1.81 bits per heavy atom. The fraction of sp³-hybridized carbons (Fsp3) is 0.407. The fourth-order valence-corrected chi connectivity index (χ4v) is 3.71. The molecule has 0 saturated heterocycles. The monoisotopic (exact) mass is 511 g/mol. The highest BCUT2D eigenvalue weighted by atomic mass is 16.4. The van der Waals surface area contributed by atoms with Gasteiger partial charge >= 0.3 is 5.97 Å². The molecule has 0 aromatic heterocycles. The average molecular weight is 512 g/mol. The maximum atomic E-state index is 13.3. The van der Waals surface area contributed by atoms with Crippen LogP contribution in [0.3, 0.4) is 0 Å². The third-order valence-corrected chi connectivity index (χ3v) is 5.86. The van der Waals surface area contributed by atoms with Crippen LogP contribution in [0.2, 0.25) is 0 Å². The van der Waals surface area contributed by atoms with Gasteiger partial charge in [0.2, 0.25) is 17.7 Å². The molecule has 0 saturated carbocycles. The van der Waals surface area contributed by atoms with E-state index in [0.29, 0.717) is 32.2 Å². The first kappa shape index (κ1) is 29.5. The molecule has 2 aromatic rings. The van der Waals surface area contributed by atoms with E-state index in [0.717, 1.165) is 11.1 Å². The number of carbonyl (C=O) groups is 4. The van der Waals surface area contributed by atoms with Gasteiger partial charge in [-0.25, -0.2) is 0 Å². The number of carboxylic acid groups (broad SMARTS) is 1. The third-order valence-electron chi connectivity index (χ3n) is 5.86. The van der Waals surface area contributed by atoms with Gasteiger partial charge in [-0.15, -0.1) is 0 Å². The van der Waals surface area contributed by atoms with Crippen molar-refractivity contribution >= 4 is 23.7 Å². The molecule has 0 bridgehead atoms. The highest BCUT2D eigenvalue weighted by Crippen LogP contribution is 2.08. The number of rotatable bonds is 15. The van der Waals surface area contributed by atoms with Gasteiger partial charge in [0.1, 0.15) is 18.1 Å². The lowest BCUT2D eigenvalue weighted by Gasteiger charge is -2.25. The van der Waals surface area contributed by atoms with Crippen molar-refractivity contribution in [2.45, 2.75) is 63.2 Å². The van der Waals surface area contributed by atoms with Gasteiger partial charge in [-0.3, -0.25) is 19.2 Å². The molecule has 10 nitrogen and oxygen atoms in total. The molecule has 0 heterocycles. The maximum Gasteiger partial charge on any atom is 0.325 e. The van der Waals surface area contributed by atoms with Gasteiger partial charge in [0.05, 0.1) is 6.04 Å². The number of hydrogen-bond acceptors (Lipinski definition) is 6. The molecule has 0 aliphatic heterocycles. The molecule has 4 unspecified atom stereocenters. The number of hydrogen-bond donors (Lipinski definition) is 6. The third kappa shape index (κ3) is 10.4. The quantitative estimate of drug-likeness (QED) is 0.188. The van der Waals surface area contributed by atoms with Crippen molar-refractivity contribution < 1.29 is 24.3 Å². The minimum absolute atomic E-state index is 0.141. The van der Waals surface area contributed by atoms with Gasteiger partial charge in [-0.2, -0.15) is 0 Å².